The molecule has 0 radical (unpaired) electrons. The predicted molar refractivity (Wildman–Crippen MR) is 103 cm³/mol. The van der Waals surface area contributed by atoms with Gasteiger partial charge in [0.25, 0.3) is 0 Å². The number of carbonyl (C=O) groups excluding carboxylic acids is 1. The molecule has 3 aromatic rings. The Hall–Kier alpha value is -2.97. The molecule has 1 heterocycles. The standard InChI is InChI=1S/C20H19N3O4S/c21-28(25,26)16-8-6-14(7-9-16)13-22-19(24)20(10-11-20)18-12-17(27-23-18)15-4-2-1-3-5-15/h1-9,12H,10-11,13H2,(H,22,24)(H2,21,25,26). The summed E-state index contributed by atoms with van der Waals surface area (Å²) in [6.07, 6.45) is 1.42. The second-order valence-corrected chi connectivity index (χ2v) is 8.46. The molecule has 0 saturated heterocycles. The molecule has 1 saturated carbocycles. The van der Waals surface area contributed by atoms with Crippen LogP contribution in [-0.4, -0.2) is 19.5 Å². The molecule has 1 aliphatic rings. The lowest BCUT2D eigenvalue weighted by Crippen LogP contribution is -2.34. The van der Waals surface area contributed by atoms with E-state index in [1.165, 1.54) is 12.1 Å². The molecule has 0 spiro atoms. The highest BCUT2D eigenvalue weighted by atomic mass is 32.2. The van der Waals surface area contributed by atoms with E-state index in [0.717, 1.165) is 11.1 Å². The van der Waals surface area contributed by atoms with Crippen LogP contribution in [0.25, 0.3) is 11.3 Å². The van der Waals surface area contributed by atoms with Crippen molar-refractivity contribution in [2.75, 3.05) is 0 Å². The fourth-order valence-corrected chi connectivity index (χ4v) is 3.63. The number of carbonyl (C=O) groups is 1. The minimum atomic E-state index is -3.73. The minimum absolute atomic E-state index is 0.0391. The largest absolute Gasteiger partial charge is 0.356 e. The van der Waals surface area contributed by atoms with Crippen LogP contribution in [-0.2, 0) is 26.8 Å². The molecule has 8 heteroatoms. The molecule has 3 N–H and O–H groups in total. The molecule has 2 aromatic carbocycles. The van der Waals surface area contributed by atoms with E-state index in [0.29, 0.717) is 24.3 Å². The second kappa shape index (κ2) is 6.88. The first-order valence-corrected chi connectivity index (χ1v) is 10.4. The molecule has 0 bridgehead atoms. The molecular weight excluding hydrogens is 378 g/mol. The van der Waals surface area contributed by atoms with E-state index in [1.807, 2.05) is 36.4 Å². The number of hydrogen-bond acceptors (Lipinski definition) is 5. The highest BCUT2D eigenvalue weighted by molar-refractivity contribution is 7.89. The summed E-state index contributed by atoms with van der Waals surface area (Å²) < 4.78 is 28.0. The molecule has 28 heavy (non-hydrogen) atoms. The first-order chi connectivity index (χ1) is 13.4. The minimum Gasteiger partial charge on any atom is -0.356 e. The van der Waals surface area contributed by atoms with Crippen molar-refractivity contribution in [1.82, 2.24) is 10.5 Å². The maximum absolute atomic E-state index is 12.8. The van der Waals surface area contributed by atoms with E-state index in [1.54, 1.807) is 12.1 Å². The van der Waals surface area contributed by atoms with Crippen LogP contribution in [0.2, 0.25) is 0 Å². The van der Waals surface area contributed by atoms with Gasteiger partial charge in [0, 0.05) is 18.2 Å². The number of primary sulfonamides is 1. The first-order valence-electron chi connectivity index (χ1n) is 8.81. The highest BCUT2D eigenvalue weighted by Gasteiger charge is 2.53. The quantitative estimate of drug-likeness (QED) is 0.662. The van der Waals surface area contributed by atoms with Crippen LogP contribution in [0.4, 0.5) is 0 Å². The fraction of sp³-hybridized carbons (Fsp3) is 0.200. The maximum atomic E-state index is 12.8. The summed E-state index contributed by atoms with van der Waals surface area (Å²) in [4.78, 5) is 12.8. The summed E-state index contributed by atoms with van der Waals surface area (Å²) in [5.41, 5.74) is 1.67. The molecular formula is C20H19N3O4S. The third kappa shape index (κ3) is 3.56. The summed E-state index contributed by atoms with van der Waals surface area (Å²) in [6, 6.07) is 17.5. The van der Waals surface area contributed by atoms with Crippen molar-refractivity contribution < 1.29 is 17.7 Å². The Balaban J connectivity index is 1.44. The summed E-state index contributed by atoms with van der Waals surface area (Å²) >= 11 is 0. The van der Waals surface area contributed by atoms with Gasteiger partial charge in [-0.25, -0.2) is 13.6 Å². The van der Waals surface area contributed by atoms with Gasteiger partial charge in [-0.2, -0.15) is 0 Å². The lowest BCUT2D eigenvalue weighted by Gasteiger charge is -2.12. The zero-order valence-electron chi connectivity index (χ0n) is 15.0. The molecule has 1 aromatic heterocycles. The first kappa shape index (κ1) is 18.4. The van der Waals surface area contributed by atoms with Crippen molar-refractivity contribution in [3.8, 4) is 11.3 Å². The highest BCUT2D eigenvalue weighted by Crippen LogP contribution is 2.48. The van der Waals surface area contributed by atoms with Crippen molar-refractivity contribution >= 4 is 15.9 Å². The predicted octanol–water partition coefficient (Wildman–Crippen LogP) is 2.34. The monoisotopic (exact) mass is 397 g/mol. The molecule has 7 nitrogen and oxygen atoms in total. The van der Waals surface area contributed by atoms with Crippen LogP contribution >= 0.6 is 0 Å². The number of amides is 1. The van der Waals surface area contributed by atoms with E-state index in [-0.39, 0.29) is 17.3 Å². The van der Waals surface area contributed by atoms with Gasteiger partial charge in [0.2, 0.25) is 15.9 Å². The molecule has 0 aliphatic heterocycles. The average Bonchev–Trinajstić information content (AvgIpc) is 3.36. The third-order valence-corrected chi connectivity index (χ3v) is 5.88. The zero-order chi connectivity index (χ0) is 19.8. The van der Waals surface area contributed by atoms with Crippen LogP contribution in [0, 0.1) is 0 Å². The Morgan fingerprint density at radius 2 is 1.79 bits per heavy atom. The Bertz CT molecular complexity index is 1100. The smallest absolute Gasteiger partial charge is 0.238 e. The molecule has 1 fully saturated rings. The van der Waals surface area contributed by atoms with Crippen molar-refractivity contribution in [2.24, 2.45) is 5.14 Å². The molecule has 144 valence electrons. The molecule has 4 rings (SSSR count). The van der Waals surface area contributed by atoms with Crippen LogP contribution < -0.4 is 10.5 Å². The number of aromatic nitrogens is 1. The summed E-state index contributed by atoms with van der Waals surface area (Å²) in [7, 11) is -3.73. The van der Waals surface area contributed by atoms with E-state index < -0.39 is 15.4 Å². The van der Waals surface area contributed by atoms with E-state index >= 15 is 0 Å². The van der Waals surface area contributed by atoms with Gasteiger partial charge < -0.3 is 9.84 Å². The number of benzene rings is 2. The van der Waals surface area contributed by atoms with Crippen LogP contribution in [0.1, 0.15) is 24.1 Å². The molecule has 0 atom stereocenters. The number of nitrogens with two attached hydrogens (primary N) is 1. The number of nitrogens with one attached hydrogen (secondary N) is 1. The normalized spacial score (nSPS) is 15.2. The lowest BCUT2D eigenvalue weighted by molar-refractivity contribution is -0.123. The average molecular weight is 397 g/mol. The maximum Gasteiger partial charge on any atom is 0.238 e. The Morgan fingerprint density at radius 1 is 1.11 bits per heavy atom. The lowest BCUT2D eigenvalue weighted by atomic mass is 10.00. The van der Waals surface area contributed by atoms with Gasteiger partial charge in [0.15, 0.2) is 5.76 Å². The van der Waals surface area contributed by atoms with Gasteiger partial charge in [-0.05, 0) is 30.5 Å². The Labute approximate surface area is 162 Å². The topological polar surface area (TPSA) is 115 Å². The molecule has 0 unspecified atom stereocenters. The van der Waals surface area contributed by atoms with Crippen molar-refractivity contribution in [3.63, 3.8) is 0 Å². The van der Waals surface area contributed by atoms with Crippen molar-refractivity contribution in [2.45, 2.75) is 29.7 Å². The zero-order valence-corrected chi connectivity index (χ0v) is 15.8. The van der Waals surface area contributed by atoms with Crippen LogP contribution in [0.3, 0.4) is 0 Å². The molecule has 1 aliphatic carbocycles. The van der Waals surface area contributed by atoms with Gasteiger partial charge in [0.05, 0.1) is 16.0 Å². The van der Waals surface area contributed by atoms with Gasteiger partial charge in [-0.15, -0.1) is 0 Å². The van der Waals surface area contributed by atoms with Gasteiger partial charge >= 0.3 is 0 Å². The van der Waals surface area contributed by atoms with Gasteiger partial charge in [-0.1, -0.05) is 47.6 Å². The number of sulfonamides is 1. The number of rotatable bonds is 6. The number of nitrogens with zero attached hydrogens (tertiary/aromatic N) is 1. The summed E-state index contributed by atoms with van der Waals surface area (Å²) in [6.45, 7) is 0.287. The van der Waals surface area contributed by atoms with Gasteiger partial charge in [0.1, 0.15) is 0 Å². The fourth-order valence-electron chi connectivity index (χ4n) is 3.11. The van der Waals surface area contributed by atoms with Crippen molar-refractivity contribution in [1.29, 1.82) is 0 Å². The van der Waals surface area contributed by atoms with Gasteiger partial charge in [-0.3, -0.25) is 4.79 Å². The van der Waals surface area contributed by atoms with E-state index in [9.17, 15) is 13.2 Å². The third-order valence-electron chi connectivity index (χ3n) is 4.95. The van der Waals surface area contributed by atoms with Crippen LogP contribution in [0.15, 0.2) is 70.1 Å². The number of hydrogen-bond donors (Lipinski definition) is 2. The Morgan fingerprint density at radius 3 is 2.39 bits per heavy atom. The van der Waals surface area contributed by atoms with Crippen molar-refractivity contribution in [3.05, 3.63) is 71.9 Å². The molecule has 1 amide bonds. The SMILES string of the molecule is NS(=O)(=O)c1ccc(CNC(=O)C2(c3cc(-c4ccccc4)on3)CC2)cc1. The summed E-state index contributed by atoms with van der Waals surface area (Å²) in [5.74, 6) is 0.518. The second-order valence-electron chi connectivity index (χ2n) is 6.90. The van der Waals surface area contributed by atoms with E-state index in [4.69, 9.17) is 9.66 Å². The van der Waals surface area contributed by atoms with Crippen LogP contribution in [0.5, 0.6) is 0 Å². The van der Waals surface area contributed by atoms with E-state index in [2.05, 4.69) is 10.5 Å². The Kier molecular flexibility index (Phi) is 4.52. The summed E-state index contributed by atoms with van der Waals surface area (Å²) in [5, 5.41) is 12.1.